The summed E-state index contributed by atoms with van der Waals surface area (Å²) in [6, 6.07) is 6.95. The van der Waals surface area contributed by atoms with Crippen LogP contribution in [-0.4, -0.2) is 17.9 Å². The summed E-state index contributed by atoms with van der Waals surface area (Å²) in [5.74, 6) is 0.490. The number of carbonyl (C=O) groups is 1. The molecule has 98 valence electrons. The Labute approximate surface area is 117 Å². The smallest absolute Gasteiger partial charge is 0.198 e. The number of halogens is 1. The van der Waals surface area contributed by atoms with Crippen molar-refractivity contribution >= 4 is 17.4 Å². The number of methoxy groups -OCH3 is 1. The number of hydrogen-bond acceptors (Lipinski definition) is 3. The summed E-state index contributed by atoms with van der Waals surface area (Å²) in [6.07, 6.45) is 1.47. The van der Waals surface area contributed by atoms with Crippen LogP contribution < -0.4 is 4.74 Å². The summed E-state index contributed by atoms with van der Waals surface area (Å²) in [5, 5.41) is 0.364. The van der Waals surface area contributed by atoms with Gasteiger partial charge in [0.25, 0.3) is 0 Å². The first-order chi connectivity index (χ1) is 9.04. The first-order valence-electron chi connectivity index (χ1n) is 5.85. The monoisotopic (exact) mass is 275 g/mol. The number of hydrogen-bond donors (Lipinski definition) is 0. The van der Waals surface area contributed by atoms with Gasteiger partial charge in [-0.1, -0.05) is 17.7 Å². The van der Waals surface area contributed by atoms with E-state index in [-0.39, 0.29) is 5.78 Å². The van der Waals surface area contributed by atoms with Crippen molar-refractivity contribution in [3.8, 4) is 5.75 Å². The van der Waals surface area contributed by atoms with Gasteiger partial charge >= 0.3 is 0 Å². The minimum absolute atomic E-state index is 0.121. The molecule has 19 heavy (non-hydrogen) atoms. The van der Waals surface area contributed by atoms with Crippen LogP contribution in [0.2, 0.25) is 5.15 Å². The van der Waals surface area contributed by atoms with Crippen molar-refractivity contribution in [3.63, 3.8) is 0 Å². The third-order valence-electron chi connectivity index (χ3n) is 3.12. The van der Waals surface area contributed by atoms with Crippen molar-refractivity contribution in [2.45, 2.75) is 13.8 Å². The number of rotatable bonds is 3. The van der Waals surface area contributed by atoms with Gasteiger partial charge in [0.15, 0.2) is 5.78 Å². The van der Waals surface area contributed by atoms with Gasteiger partial charge in [-0.25, -0.2) is 4.98 Å². The average Bonchev–Trinajstić information content (AvgIpc) is 2.41. The summed E-state index contributed by atoms with van der Waals surface area (Å²) in [5.41, 5.74) is 3.08. The molecule has 0 saturated carbocycles. The van der Waals surface area contributed by atoms with Gasteiger partial charge in [-0.05, 0) is 43.2 Å². The maximum Gasteiger partial charge on any atom is 0.198 e. The van der Waals surface area contributed by atoms with Crippen molar-refractivity contribution in [2.24, 2.45) is 0 Å². The normalized spacial score (nSPS) is 10.3. The van der Waals surface area contributed by atoms with E-state index < -0.39 is 0 Å². The molecule has 0 unspecified atom stereocenters. The molecule has 2 rings (SSSR count). The van der Waals surface area contributed by atoms with E-state index in [1.165, 1.54) is 6.20 Å². The Morgan fingerprint density at radius 3 is 2.53 bits per heavy atom. The second kappa shape index (κ2) is 5.41. The standard InChI is InChI=1S/C15H14ClNO2/c1-9-4-6-12(15(19-3)10(9)2)14(18)11-5-7-13(16)17-8-11/h4-8H,1-3H3. The lowest BCUT2D eigenvalue weighted by atomic mass is 9.98. The lowest BCUT2D eigenvalue weighted by Crippen LogP contribution is -2.06. The Bertz CT molecular complexity index is 621. The van der Waals surface area contributed by atoms with E-state index in [0.717, 1.165) is 11.1 Å². The fraction of sp³-hybridized carbons (Fsp3) is 0.200. The van der Waals surface area contributed by atoms with Crippen LogP contribution in [-0.2, 0) is 0 Å². The third kappa shape index (κ3) is 2.61. The van der Waals surface area contributed by atoms with E-state index in [0.29, 0.717) is 22.0 Å². The van der Waals surface area contributed by atoms with Gasteiger partial charge < -0.3 is 4.74 Å². The van der Waals surface area contributed by atoms with Crippen LogP contribution in [0, 0.1) is 13.8 Å². The molecule has 0 atom stereocenters. The zero-order chi connectivity index (χ0) is 14.0. The number of carbonyl (C=O) groups excluding carboxylic acids is 1. The summed E-state index contributed by atoms with van der Waals surface area (Å²) in [6.45, 7) is 3.92. The van der Waals surface area contributed by atoms with Gasteiger partial charge in [0.2, 0.25) is 0 Å². The van der Waals surface area contributed by atoms with Crippen LogP contribution in [0.5, 0.6) is 5.75 Å². The van der Waals surface area contributed by atoms with Gasteiger partial charge in [-0.2, -0.15) is 0 Å². The van der Waals surface area contributed by atoms with E-state index in [2.05, 4.69) is 4.98 Å². The van der Waals surface area contributed by atoms with E-state index in [4.69, 9.17) is 16.3 Å². The lowest BCUT2D eigenvalue weighted by Gasteiger charge is -2.12. The SMILES string of the molecule is COc1c(C(=O)c2ccc(Cl)nc2)ccc(C)c1C. The Balaban J connectivity index is 2.50. The van der Waals surface area contributed by atoms with Crippen molar-refractivity contribution in [3.05, 3.63) is 57.9 Å². The molecule has 1 heterocycles. The number of aryl methyl sites for hydroxylation is 1. The number of ether oxygens (including phenoxy) is 1. The quantitative estimate of drug-likeness (QED) is 0.635. The number of nitrogens with zero attached hydrogens (tertiary/aromatic N) is 1. The lowest BCUT2D eigenvalue weighted by molar-refractivity contribution is 0.103. The van der Waals surface area contributed by atoms with Gasteiger partial charge in [-0.3, -0.25) is 4.79 Å². The Morgan fingerprint density at radius 1 is 1.21 bits per heavy atom. The molecule has 1 aromatic carbocycles. The number of benzene rings is 1. The number of ketones is 1. The maximum atomic E-state index is 12.4. The molecule has 0 N–H and O–H groups in total. The minimum atomic E-state index is -0.121. The Morgan fingerprint density at radius 2 is 1.95 bits per heavy atom. The number of pyridine rings is 1. The predicted octanol–water partition coefficient (Wildman–Crippen LogP) is 3.59. The Hall–Kier alpha value is -1.87. The van der Waals surface area contributed by atoms with E-state index in [1.54, 1.807) is 25.3 Å². The molecule has 0 saturated heterocycles. The molecule has 2 aromatic rings. The highest BCUT2D eigenvalue weighted by Gasteiger charge is 2.17. The van der Waals surface area contributed by atoms with Gasteiger partial charge in [0.1, 0.15) is 10.9 Å². The largest absolute Gasteiger partial charge is 0.496 e. The summed E-state index contributed by atoms with van der Waals surface area (Å²) in [7, 11) is 1.57. The third-order valence-corrected chi connectivity index (χ3v) is 3.34. The van der Waals surface area contributed by atoms with Crippen molar-refractivity contribution < 1.29 is 9.53 Å². The molecule has 0 aliphatic heterocycles. The molecular weight excluding hydrogens is 262 g/mol. The summed E-state index contributed by atoms with van der Waals surface area (Å²) < 4.78 is 5.36. The highest BCUT2D eigenvalue weighted by atomic mass is 35.5. The highest BCUT2D eigenvalue weighted by Crippen LogP contribution is 2.28. The first-order valence-corrected chi connectivity index (χ1v) is 6.23. The van der Waals surface area contributed by atoms with Gasteiger partial charge in [0, 0.05) is 11.8 Å². The fourth-order valence-electron chi connectivity index (χ4n) is 1.90. The topological polar surface area (TPSA) is 39.2 Å². The second-order valence-corrected chi connectivity index (χ2v) is 4.67. The summed E-state index contributed by atoms with van der Waals surface area (Å²) >= 11 is 5.72. The molecule has 4 heteroatoms. The molecule has 0 spiro atoms. The maximum absolute atomic E-state index is 12.4. The molecule has 0 aliphatic rings. The zero-order valence-electron chi connectivity index (χ0n) is 11.0. The van der Waals surface area contributed by atoms with E-state index in [1.807, 2.05) is 19.9 Å². The van der Waals surface area contributed by atoms with Crippen LogP contribution in [0.15, 0.2) is 30.5 Å². The first kappa shape index (κ1) is 13.6. The molecule has 0 radical (unpaired) electrons. The van der Waals surface area contributed by atoms with E-state index in [9.17, 15) is 4.79 Å². The van der Waals surface area contributed by atoms with Crippen molar-refractivity contribution in [1.82, 2.24) is 4.98 Å². The average molecular weight is 276 g/mol. The second-order valence-electron chi connectivity index (χ2n) is 4.29. The molecule has 0 bridgehead atoms. The molecule has 1 aromatic heterocycles. The summed E-state index contributed by atoms with van der Waals surface area (Å²) in [4.78, 5) is 16.4. The molecule has 3 nitrogen and oxygen atoms in total. The Kier molecular flexibility index (Phi) is 3.86. The van der Waals surface area contributed by atoms with Crippen molar-refractivity contribution in [1.29, 1.82) is 0 Å². The van der Waals surface area contributed by atoms with Crippen molar-refractivity contribution in [2.75, 3.05) is 7.11 Å². The molecule has 0 fully saturated rings. The highest BCUT2D eigenvalue weighted by molar-refractivity contribution is 6.29. The van der Waals surface area contributed by atoms with Crippen LogP contribution >= 0.6 is 11.6 Å². The van der Waals surface area contributed by atoms with Crippen LogP contribution in [0.4, 0.5) is 0 Å². The fourth-order valence-corrected chi connectivity index (χ4v) is 2.01. The zero-order valence-corrected chi connectivity index (χ0v) is 11.8. The van der Waals surface area contributed by atoms with Gasteiger partial charge in [-0.15, -0.1) is 0 Å². The molecular formula is C15H14ClNO2. The minimum Gasteiger partial charge on any atom is -0.496 e. The van der Waals surface area contributed by atoms with E-state index >= 15 is 0 Å². The molecule has 0 aliphatic carbocycles. The van der Waals surface area contributed by atoms with Gasteiger partial charge in [0.05, 0.1) is 12.7 Å². The van der Waals surface area contributed by atoms with Crippen LogP contribution in [0.25, 0.3) is 0 Å². The van der Waals surface area contributed by atoms with Crippen LogP contribution in [0.3, 0.4) is 0 Å². The molecule has 0 amide bonds. The number of aromatic nitrogens is 1. The predicted molar refractivity (Wildman–Crippen MR) is 75.1 cm³/mol. The van der Waals surface area contributed by atoms with Crippen LogP contribution in [0.1, 0.15) is 27.0 Å².